The Morgan fingerprint density at radius 2 is 1.49 bits per heavy atom. The Balaban J connectivity index is 1.42. The van der Waals surface area contributed by atoms with Crippen molar-refractivity contribution in [2.75, 3.05) is 19.7 Å². The van der Waals surface area contributed by atoms with Gasteiger partial charge in [0.05, 0.1) is 11.8 Å². The average molecular weight is 468 g/mol. The van der Waals surface area contributed by atoms with Gasteiger partial charge in [0.15, 0.2) is 6.61 Å². The molecular weight excluding hydrogens is 438 g/mol. The van der Waals surface area contributed by atoms with E-state index in [-0.39, 0.29) is 24.5 Å². The molecule has 0 unspecified atom stereocenters. The van der Waals surface area contributed by atoms with Crippen LogP contribution in [-0.4, -0.2) is 47.1 Å². The van der Waals surface area contributed by atoms with Gasteiger partial charge in [-0.3, -0.25) is 9.59 Å². The van der Waals surface area contributed by atoms with E-state index < -0.39 is 0 Å². The van der Waals surface area contributed by atoms with Gasteiger partial charge < -0.3 is 9.64 Å². The monoisotopic (exact) mass is 467 g/mol. The maximum Gasteiger partial charge on any atom is 0.274 e. The molecule has 1 atom stereocenters. The third-order valence-corrected chi connectivity index (χ3v) is 6.58. The topological polar surface area (TPSA) is 62.2 Å². The maximum absolute atomic E-state index is 13.5. The summed E-state index contributed by atoms with van der Waals surface area (Å²) < 4.78 is 6.06. The summed E-state index contributed by atoms with van der Waals surface area (Å²) in [5.41, 5.74) is 3.26. The van der Waals surface area contributed by atoms with Gasteiger partial charge in [0, 0.05) is 30.6 Å². The lowest BCUT2D eigenvalue weighted by Crippen LogP contribution is -2.38. The minimum absolute atomic E-state index is 0.00404. The van der Waals surface area contributed by atoms with E-state index in [1.54, 1.807) is 17.1 Å². The Morgan fingerprint density at radius 3 is 2.23 bits per heavy atom. The third kappa shape index (κ3) is 5.11. The van der Waals surface area contributed by atoms with E-state index in [1.165, 1.54) is 6.42 Å². The predicted molar refractivity (Wildman–Crippen MR) is 135 cm³/mol. The molecule has 6 nitrogen and oxygen atoms in total. The highest BCUT2D eigenvalue weighted by atomic mass is 16.5. The van der Waals surface area contributed by atoms with Crippen LogP contribution in [0.25, 0.3) is 0 Å². The fraction of sp³-hybridized carbons (Fsp3) is 0.276. The molecule has 35 heavy (non-hydrogen) atoms. The standard InChI is InChI=1S/C29H29N3O3/c33-28(31-18-10-3-11-19-31)21-35-27-17-9-8-16-24(27)26-20-25(22-12-4-1-5-13-22)30-32(26)29(34)23-14-6-2-7-15-23/h1-2,4-9,12-17,26H,3,10-11,18-21H2/t26-/m1/s1. The van der Waals surface area contributed by atoms with Crippen molar-refractivity contribution in [2.45, 2.75) is 31.7 Å². The van der Waals surface area contributed by atoms with Crippen molar-refractivity contribution in [3.8, 4) is 5.75 Å². The second-order valence-corrected chi connectivity index (χ2v) is 8.92. The van der Waals surface area contributed by atoms with Crippen LogP contribution in [0.2, 0.25) is 0 Å². The van der Waals surface area contributed by atoms with Crippen LogP contribution < -0.4 is 4.74 Å². The molecule has 0 radical (unpaired) electrons. The number of piperidine rings is 1. The van der Waals surface area contributed by atoms with Gasteiger partial charge in [-0.25, -0.2) is 5.01 Å². The molecule has 0 spiro atoms. The van der Waals surface area contributed by atoms with Crippen molar-refractivity contribution in [3.05, 3.63) is 102 Å². The first-order valence-corrected chi connectivity index (χ1v) is 12.2. The molecule has 6 heteroatoms. The Labute approximate surface area is 205 Å². The van der Waals surface area contributed by atoms with Gasteiger partial charge in [-0.2, -0.15) is 5.10 Å². The van der Waals surface area contributed by atoms with E-state index in [1.807, 2.05) is 77.7 Å². The van der Waals surface area contributed by atoms with Crippen LogP contribution >= 0.6 is 0 Å². The maximum atomic E-state index is 13.5. The van der Waals surface area contributed by atoms with E-state index in [4.69, 9.17) is 9.84 Å². The minimum atomic E-state index is -0.334. The van der Waals surface area contributed by atoms with Crippen molar-refractivity contribution >= 4 is 17.5 Å². The van der Waals surface area contributed by atoms with E-state index >= 15 is 0 Å². The first-order chi connectivity index (χ1) is 17.2. The van der Waals surface area contributed by atoms with E-state index in [0.29, 0.717) is 17.7 Å². The van der Waals surface area contributed by atoms with Gasteiger partial charge in [0.1, 0.15) is 5.75 Å². The average Bonchev–Trinajstić information content (AvgIpc) is 3.38. The lowest BCUT2D eigenvalue weighted by atomic mass is 9.97. The minimum Gasteiger partial charge on any atom is -0.483 e. The van der Waals surface area contributed by atoms with Crippen LogP contribution in [0.4, 0.5) is 0 Å². The smallest absolute Gasteiger partial charge is 0.274 e. The molecule has 0 aromatic heterocycles. The number of likely N-dealkylation sites (tertiary alicyclic amines) is 1. The number of benzene rings is 3. The molecule has 1 saturated heterocycles. The highest BCUT2D eigenvalue weighted by Crippen LogP contribution is 2.38. The van der Waals surface area contributed by atoms with Crippen molar-refractivity contribution in [2.24, 2.45) is 5.10 Å². The van der Waals surface area contributed by atoms with Gasteiger partial charge in [0.25, 0.3) is 11.8 Å². The summed E-state index contributed by atoms with van der Waals surface area (Å²) in [5.74, 6) is 0.448. The quantitative estimate of drug-likeness (QED) is 0.509. The van der Waals surface area contributed by atoms with Crippen molar-refractivity contribution in [1.29, 1.82) is 0 Å². The Hall–Kier alpha value is -3.93. The molecule has 0 bridgehead atoms. The Morgan fingerprint density at radius 1 is 0.829 bits per heavy atom. The second kappa shape index (κ2) is 10.6. The number of para-hydroxylation sites is 1. The molecule has 2 aliphatic heterocycles. The highest BCUT2D eigenvalue weighted by Gasteiger charge is 2.35. The number of carbonyl (C=O) groups is 2. The summed E-state index contributed by atoms with van der Waals surface area (Å²) >= 11 is 0. The largest absolute Gasteiger partial charge is 0.483 e. The molecule has 5 rings (SSSR count). The van der Waals surface area contributed by atoms with Crippen LogP contribution in [-0.2, 0) is 4.79 Å². The summed E-state index contributed by atoms with van der Waals surface area (Å²) in [4.78, 5) is 28.1. The first kappa shape index (κ1) is 22.8. The zero-order valence-corrected chi connectivity index (χ0v) is 19.7. The zero-order valence-electron chi connectivity index (χ0n) is 19.7. The van der Waals surface area contributed by atoms with Crippen LogP contribution in [0.5, 0.6) is 5.75 Å². The summed E-state index contributed by atoms with van der Waals surface area (Å²) in [5, 5.41) is 6.33. The number of hydrogen-bond donors (Lipinski definition) is 0. The van der Waals surface area contributed by atoms with E-state index in [9.17, 15) is 9.59 Å². The molecular formula is C29H29N3O3. The summed E-state index contributed by atoms with van der Waals surface area (Å²) in [6.45, 7) is 1.57. The second-order valence-electron chi connectivity index (χ2n) is 8.92. The number of hydrazone groups is 1. The SMILES string of the molecule is O=C(COc1ccccc1[C@H]1CC(c2ccccc2)=NN1C(=O)c1ccccc1)N1CCCCC1. The van der Waals surface area contributed by atoms with Crippen molar-refractivity contribution < 1.29 is 14.3 Å². The van der Waals surface area contributed by atoms with Crippen LogP contribution in [0.3, 0.4) is 0 Å². The van der Waals surface area contributed by atoms with Crippen molar-refractivity contribution in [1.82, 2.24) is 9.91 Å². The summed E-state index contributed by atoms with van der Waals surface area (Å²) in [7, 11) is 0. The van der Waals surface area contributed by atoms with Crippen LogP contribution in [0.1, 0.15) is 53.2 Å². The molecule has 0 saturated carbocycles. The fourth-order valence-corrected chi connectivity index (χ4v) is 4.72. The van der Waals surface area contributed by atoms with Crippen LogP contribution in [0.15, 0.2) is 90.0 Å². The number of ether oxygens (including phenoxy) is 1. The molecule has 2 heterocycles. The molecule has 0 aliphatic carbocycles. The Kier molecular flexibility index (Phi) is 6.89. The number of nitrogens with zero attached hydrogens (tertiary/aromatic N) is 3. The number of rotatable bonds is 6. The number of carbonyl (C=O) groups excluding carboxylic acids is 2. The van der Waals surface area contributed by atoms with Gasteiger partial charge >= 0.3 is 0 Å². The number of amides is 2. The molecule has 0 N–H and O–H groups in total. The molecule has 2 aliphatic rings. The van der Waals surface area contributed by atoms with Gasteiger partial charge in [-0.05, 0) is 43.0 Å². The molecule has 1 fully saturated rings. The van der Waals surface area contributed by atoms with Crippen LogP contribution in [0, 0.1) is 0 Å². The fourth-order valence-electron chi connectivity index (χ4n) is 4.72. The highest BCUT2D eigenvalue weighted by molar-refractivity contribution is 6.05. The molecule has 3 aromatic carbocycles. The summed E-state index contributed by atoms with van der Waals surface area (Å²) in [6.07, 6.45) is 3.81. The van der Waals surface area contributed by atoms with Gasteiger partial charge in [-0.1, -0.05) is 66.7 Å². The lowest BCUT2D eigenvalue weighted by molar-refractivity contribution is -0.134. The molecule has 2 amide bonds. The molecule has 3 aromatic rings. The normalized spacial score (nSPS) is 17.7. The lowest BCUT2D eigenvalue weighted by Gasteiger charge is -2.27. The number of hydrogen-bond acceptors (Lipinski definition) is 4. The predicted octanol–water partition coefficient (Wildman–Crippen LogP) is 5.07. The molecule has 178 valence electrons. The zero-order chi connectivity index (χ0) is 24.0. The van der Waals surface area contributed by atoms with E-state index in [2.05, 4.69) is 0 Å². The van der Waals surface area contributed by atoms with Crippen molar-refractivity contribution in [3.63, 3.8) is 0 Å². The third-order valence-electron chi connectivity index (χ3n) is 6.58. The van der Waals surface area contributed by atoms with E-state index in [0.717, 1.165) is 42.8 Å². The Bertz CT molecular complexity index is 1200. The van der Waals surface area contributed by atoms with Gasteiger partial charge in [0.2, 0.25) is 0 Å². The van der Waals surface area contributed by atoms with Gasteiger partial charge in [-0.15, -0.1) is 0 Å². The summed E-state index contributed by atoms with van der Waals surface area (Å²) in [6, 6.07) is 26.4. The first-order valence-electron chi connectivity index (χ1n) is 12.2.